The maximum atomic E-state index is 10.7. The van der Waals surface area contributed by atoms with E-state index in [2.05, 4.69) is 34.7 Å². The molecule has 1 N–H and O–H groups in total. The molecule has 1 atom stereocenters. The first-order chi connectivity index (χ1) is 9.95. The average Bonchev–Trinajstić information content (AvgIpc) is 2.48. The van der Waals surface area contributed by atoms with Crippen molar-refractivity contribution in [3.05, 3.63) is 28.2 Å². The second kappa shape index (κ2) is 7.12. The normalized spacial score (nSPS) is 18.5. The van der Waals surface area contributed by atoms with E-state index in [-0.39, 0.29) is 11.6 Å². The van der Waals surface area contributed by atoms with Gasteiger partial charge in [-0.25, -0.2) is 0 Å². The fourth-order valence-corrected chi connectivity index (χ4v) is 3.58. The van der Waals surface area contributed by atoms with Gasteiger partial charge in [0.2, 0.25) is 0 Å². The molecule has 1 aromatic rings. The van der Waals surface area contributed by atoms with Crippen molar-refractivity contribution in [1.82, 2.24) is 4.90 Å². The molecule has 0 amide bonds. The van der Waals surface area contributed by atoms with Gasteiger partial charge < -0.3 is 9.84 Å². The van der Waals surface area contributed by atoms with Gasteiger partial charge in [-0.3, -0.25) is 4.90 Å². The zero-order valence-corrected chi connectivity index (χ0v) is 14.8. The molecule has 2 rings (SSSR count). The monoisotopic (exact) mass is 355 g/mol. The molecule has 1 aliphatic heterocycles. The molecule has 4 heteroatoms. The zero-order chi connectivity index (χ0) is 15.5. The van der Waals surface area contributed by atoms with Crippen molar-refractivity contribution in [3.63, 3.8) is 0 Å². The second-order valence-electron chi connectivity index (χ2n) is 6.39. The van der Waals surface area contributed by atoms with Crippen LogP contribution in [0, 0.1) is 0 Å². The van der Waals surface area contributed by atoms with Crippen molar-refractivity contribution >= 4 is 15.9 Å². The molecule has 1 heterocycles. The summed E-state index contributed by atoms with van der Waals surface area (Å²) in [7, 11) is 1.66. The molecule has 0 saturated carbocycles. The first kappa shape index (κ1) is 16.8. The van der Waals surface area contributed by atoms with E-state index in [1.165, 1.54) is 19.3 Å². The predicted molar refractivity (Wildman–Crippen MR) is 89.9 cm³/mol. The molecule has 21 heavy (non-hydrogen) atoms. The van der Waals surface area contributed by atoms with Gasteiger partial charge in [-0.1, -0.05) is 12.5 Å². The summed E-state index contributed by atoms with van der Waals surface area (Å²) in [6.07, 6.45) is 4.07. The van der Waals surface area contributed by atoms with E-state index in [1.54, 1.807) is 7.11 Å². The third-order valence-electron chi connectivity index (χ3n) is 4.63. The summed E-state index contributed by atoms with van der Waals surface area (Å²) in [5.41, 5.74) is 0.938. The van der Waals surface area contributed by atoms with Crippen LogP contribution in [0.2, 0.25) is 0 Å². The van der Waals surface area contributed by atoms with Crippen molar-refractivity contribution in [2.75, 3.05) is 20.2 Å². The first-order valence-electron chi connectivity index (χ1n) is 7.70. The number of aliphatic hydroxyl groups excluding tert-OH is 1. The maximum Gasteiger partial charge on any atom is 0.133 e. The van der Waals surface area contributed by atoms with Gasteiger partial charge in [0.25, 0.3) is 0 Å². The number of likely N-dealkylation sites (tertiary alicyclic amines) is 1. The number of ether oxygens (including phenoxy) is 1. The van der Waals surface area contributed by atoms with E-state index in [0.29, 0.717) is 6.42 Å². The highest BCUT2D eigenvalue weighted by Gasteiger charge is 2.34. The minimum Gasteiger partial charge on any atom is -0.496 e. The highest BCUT2D eigenvalue weighted by molar-refractivity contribution is 9.10. The molecule has 3 nitrogen and oxygen atoms in total. The molecule has 0 bridgehead atoms. The van der Waals surface area contributed by atoms with Gasteiger partial charge in [0.15, 0.2) is 0 Å². The Morgan fingerprint density at radius 1 is 1.29 bits per heavy atom. The smallest absolute Gasteiger partial charge is 0.133 e. The molecule has 1 saturated heterocycles. The third kappa shape index (κ3) is 3.99. The summed E-state index contributed by atoms with van der Waals surface area (Å²) in [6.45, 7) is 6.50. The summed E-state index contributed by atoms with van der Waals surface area (Å²) in [5, 5.41) is 10.7. The maximum absolute atomic E-state index is 10.7. The van der Waals surface area contributed by atoms with Crippen molar-refractivity contribution in [2.45, 2.75) is 51.2 Å². The lowest BCUT2D eigenvalue weighted by Crippen LogP contribution is -2.54. The molecule has 0 spiro atoms. The van der Waals surface area contributed by atoms with Crippen LogP contribution in [0.3, 0.4) is 0 Å². The van der Waals surface area contributed by atoms with Crippen LogP contribution in [0.4, 0.5) is 0 Å². The molecule has 1 aromatic carbocycles. The van der Waals surface area contributed by atoms with Crippen LogP contribution < -0.4 is 4.74 Å². The molecule has 1 fully saturated rings. The van der Waals surface area contributed by atoms with Gasteiger partial charge in [-0.2, -0.15) is 0 Å². The van der Waals surface area contributed by atoms with E-state index in [4.69, 9.17) is 4.74 Å². The first-order valence-corrected chi connectivity index (χ1v) is 8.50. The highest BCUT2D eigenvalue weighted by Crippen LogP contribution is 2.29. The molecule has 0 radical (unpaired) electrons. The van der Waals surface area contributed by atoms with Gasteiger partial charge in [0, 0.05) is 12.0 Å². The number of methoxy groups -OCH3 is 1. The van der Waals surface area contributed by atoms with Crippen molar-refractivity contribution < 1.29 is 9.84 Å². The Morgan fingerprint density at radius 3 is 2.52 bits per heavy atom. The molecule has 0 aliphatic carbocycles. The van der Waals surface area contributed by atoms with Crippen LogP contribution in [0.5, 0.6) is 5.75 Å². The van der Waals surface area contributed by atoms with Crippen molar-refractivity contribution in [3.8, 4) is 5.75 Å². The number of nitrogens with zero attached hydrogens (tertiary/aromatic N) is 1. The number of hydrogen-bond donors (Lipinski definition) is 1. The fraction of sp³-hybridized carbons (Fsp3) is 0.647. The number of rotatable bonds is 5. The summed E-state index contributed by atoms with van der Waals surface area (Å²) < 4.78 is 6.19. The van der Waals surface area contributed by atoms with E-state index in [0.717, 1.165) is 28.9 Å². The third-order valence-corrected chi connectivity index (χ3v) is 5.25. The Labute approximate surface area is 136 Å². The summed E-state index contributed by atoms with van der Waals surface area (Å²) in [4.78, 5) is 2.43. The number of hydrogen-bond acceptors (Lipinski definition) is 3. The minimum atomic E-state index is -0.379. The van der Waals surface area contributed by atoms with Gasteiger partial charge in [-0.15, -0.1) is 0 Å². The van der Waals surface area contributed by atoms with E-state index >= 15 is 0 Å². The minimum absolute atomic E-state index is 0.188. The number of piperidine rings is 1. The summed E-state index contributed by atoms with van der Waals surface area (Å²) in [5.74, 6) is 0.823. The predicted octanol–water partition coefficient (Wildman–Crippen LogP) is 3.63. The number of aliphatic hydroxyl groups is 1. The Kier molecular flexibility index (Phi) is 5.69. The molecule has 118 valence electrons. The fourth-order valence-electron chi connectivity index (χ4n) is 2.99. The van der Waals surface area contributed by atoms with Crippen LogP contribution in [0.25, 0.3) is 0 Å². The lowest BCUT2D eigenvalue weighted by Gasteiger charge is -2.44. The quantitative estimate of drug-likeness (QED) is 0.875. The van der Waals surface area contributed by atoms with Crippen LogP contribution in [-0.2, 0) is 6.42 Å². The number of halogens is 1. The lowest BCUT2D eigenvalue weighted by atomic mass is 9.88. The molecular formula is C17H26BrNO2. The zero-order valence-electron chi connectivity index (χ0n) is 13.2. The van der Waals surface area contributed by atoms with Gasteiger partial charge in [0.05, 0.1) is 17.7 Å². The summed E-state index contributed by atoms with van der Waals surface area (Å²) >= 11 is 3.51. The van der Waals surface area contributed by atoms with E-state index in [9.17, 15) is 5.11 Å². The van der Waals surface area contributed by atoms with E-state index < -0.39 is 0 Å². The topological polar surface area (TPSA) is 32.7 Å². The van der Waals surface area contributed by atoms with Crippen LogP contribution >= 0.6 is 15.9 Å². The Bertz CT molecular complexity index is 470. The van der Waals surface area contributed by atoms with Crippen LogP contribution in [-0.4, -0.2) is 41.8 Å². The second-order valence-corrected chi connectivity index (χ2v) is 7.24. The Morgan fingerprint density at radius 2 is 1.95 bits per heavy atom. The Hall–Kier alpha value is -0.580. The molecular weight excluding hydrogens is 330 g/mol. The molecule has 1 aliphatic rings. The summed E-state index contributed by atoms with van der Waals surface area (Å²) in [6, 6.07) is 6.01. The van der Waals surface area contributed by atoms with E-state index in [1.807, 2.05) is 18.2 Å². The standard InChI is InChI=1S/C17H26BrNO2/c1-17(2,19-9-5-4-6-10-19)16(20)12-13-7-8-15(21-3)14(18)11-13/h7-8,11,16,20H,4-6,9-10,12H2,1-3H3. The lowest BCUT2D eigenvalue weighted by molar-refractivity contribution is -0.0187. The van der Waals surface area contributed by atoms with Gasteiger partial charge >= 0.3 is 0 Å². The highest BCUT2D eigenvalue weighted by atomic mass is 79.9. The van der Waals surface area contributed by atoms with Crippen molar-refractivity contribution in [1.29, 1.82) is 0 Å². The van der Waals surface area contributed by atoms with Crippen LogP contribution in [0.1, 0.15) is 38.7 Å². The van der Waals surface area contributed by atoms with Crippen LogP contribution in [0.15, 0.2) is 22.7 Å². The largest absolute Gasteiger partial charge is 0.496 e. The number of benzene rings is 1. The Balaban J connectivity index is 2.05. The van der Waals surface area contributed by atoms with Gasteiger partial charge in [0.1, 0.15) is 5.75 Å². The molecule has 1 unspecified atom stereocenters. The SMILES string of the molecule is COc1ccc(CC(O)C(C)(C)N2CCCCC2)cc1Br. The molecule has 0 aromatic heterocycles. The average molecular weight is 356 g/mol. The van der Waals surface area contributed by atoms with Crippen molar-refractivity contribution in [2.24, 2.45) is 0 Å². The van der Waals surface area contributed by atoms with Gasteiger partial charge in [-0.05, 0) is 73.4 Å².